The molecule has 0 atom stereocenters. The van der Waals surface area contributed by atoms with E-state index in [9.17, 15) is 19.1 Å². The van der Waals surface area contributed by atoms with Crippen LogP contribution in [0.25, 0.3) is 12.2 Å². The summed E-state index contributed by atoms with van der Waals surface area (Å²) in [6.07, 6.45) is 6.61. The summed E-state index contributed by atoms with van der Waals surface area (Å²) in [6, 6.07) is 2.44. The molecular weight excluding hydrogens is 303 g/mol. The van der Waals surface area contributed by atoms with Crippen LogP contribution in [0.2, 0.25) is 0 Å². The number of aromatic nitrogens is 2. The molecule has 0 amide bonds. The summed E-state index contributed by atoms with van der Waals surface area (Å²) in [4.78, 5) is 30.6. The maximum atomic E-state index is 13.1. The third-order valence-corrected chi connectivity index (χ3v) is 2.82. The first-order valence-electron chi connectivity index (χ1n) is 6.70. The monoisotopic (exact) mass is 316 g/mol. The predicted octanol–water partition coefficient (Wildman–Crippen LogP) is 2.66. The Bertz CT molecular complexity index is 774. The molecule has 0 aliphatic rings. The highest BCUT2D eigenvalue weighted by Gasteiger charge is 2.15. The van der Waals surface area contributed by atoms with Gasteiger partial charge >= 0.3 is 11.9 Å². The van der Waals surface area contributed by atoms with E-state index in [2.05, 4.69) is 9.97 Å². The molecule has 23 heavy (non-hydrogen) atoms. The fourth-order valence-corrected chi connectivity index (χ4v) is 1.80. The topological polar surface area (TPSA) is 89.4 Å². The van der Waals surface area contributed by atoms with Gasteiger partial charge in [-0.3, -0.25) is 9.97 Å². The van der Waals surface area contributed by atoms with E-state index in [0.717, 1.165) is 6.20 Å². The van der Waals surface area contributed by atoms with E-state index in [1.807, 2.05) is 0 Å². The molecule has 0 fully saturated rings. The Hall–Kier alpha value is -3.09. The van der Waals surface area contributed by atoms with Gasteiger partial charge in [-0.2, -0.15) is 0 Å². The van der Waals surface area contributed by atoms with Gasteiger partial charge in [0.15, 0.2) is 0 Å². The molecular formula is C16H13FN2O4. The van der Waals surface area contributed by atoms with Crippen molar-refractivity contribution in [1.82, 2.24) is 9.97 Å². The molecule has 118 valence electrons. The molecule has 1 N–H and O–H groups in total. The Kier molecular flexibility index (Phi) is 5.14. The van der Waals surface area contributed by atoms with E-state index in [1.54, 1.807) is 6.92 Å². The third-order valence-electron chi connectivity index (χ3n) is 2.82. The van der Waals surface area contributed by atoms with Crippen molar-refractivity contribution in [2.45, 2.75) is 6.92 Å². The maximum absolute atomic E-state index is 13.1. The second-order valence-corrected chi connectivity index (χ2v) is 4.45. The second-order valence-electron chi connectivity index (χ2n) is 4.45. The summed E-state index contributed by atoms with van der Waals surface area (Å²) in [6.45, 7) is 1.82. The van der Waals surface area contributed by atoms with Crippen molar-refractivity contribution in [3.05, 3.63) is 58.9 Å². The minimum absolute atomic E-state index is 0.0498. The first-order valence-corrected chi connectivity index (χ1v) is 6.70. The normalized spacial score (nSPS) is 10.7. The van der Waals surface area contributed by atoms with Gasteiger partial charge in [0.25, 0.3) is 0 Å². The lowest BCUT2D eigenvalue weighted by molar-refractivity contribution is 0.0526. The van der Waals surface area contributed by atoms with E-state index in [1.165, 1.54) is 36.7 Å². The van der Waals surface area contributed by atoms with Gasteiger partial charge in [0.05, 0.1) is 29.6 Å². The van der Waals surface area contributed by atoms with Gasteiger partial charge in [-0.15, -0.1) is 0 Å². The lowest BCUT2D eigenvalue weighted by atomic mass is 10.1. The summed E-state index contributed by atoms with van der Waals surface area (Å²) in [7, 11) is 0. The second kappa shape index (κ2) is 7.26. The van der Waals surface area contributed by atoms with Gasteiger partial charge in [0.1, 0.15) is 5.82 Å². The number of carboxylic acid groups (broad SMARTS) is 1. The Morgan fingerprint density at radius 3 is 2.70 bits per heavy atom. The Morgan fingerprint density at radius 1 is 1.26 bits per heavy atom. The van der Waals surface area contributed by atoms with Crippen molar-refractivity contribution in [3.8, 4) is 0 Å². The lowest BCUT2D eigenvalue weighted by Crippen LogP contribution is -2.09. The van der Waals surface area contributed by atoms with E-state index < -0.39 is 17.8 Å². The number of carbonyl (C=O) groups excluding carboxylic acids is 1. The van der Waals surface area contributed by atoms with Crippen molar-refractivity contribution < 1.29 is 23.8 Å². The maximum Gasteiger partial charge on any atom is 0.339 e. The number of halogens is 1. The summed E-state index contributed by atoms with van der Waals surface area (Å²) >= 11 is 0. The number of carbonyl (C=O) groups is 2. The quantitative estimate of drug-likeness (QED) is 0.853. The van der Waals surface area contributed by atoms with Crippen LogP contribution in [-0.4, -0.2) is 33.6 Å². The molecule has 0 saturated carbocycles. The Morgan fingerprint density at radius 2 is 2.04 bits per heavy atom. The summed E-state index contributed by atoms with van der Waals surface area (Å²) in [5, 5.41) is 9.24. The van der Waals surface area contributed by atoms with Crippen LogP contribution in [0.15, 0.2) is 30.7 Å². The van der Waals surface area contributed by atoms with Crippen LogP contribution in [0.5, 0.6) is 0 Å². The molecule has 0 saturated heterocycles. The van der Waals surface area contributed by atoms with Crippen molar-refractivity contribution in [2.75, 3.05) is 6.61 Å². The molecule has 0 spiro atoms. The van der Waals surface area contributed by atoms with Crippen molar-refractivity contribution >= 4 is 24.1 Å². The smallest absolute Gasteiger partial charge is 0.339 e. The minimum atomic E-state index is -1.24. The van der Waals surface area contributed by atoms with Crippen LogP contribution in [0.3, 0.4) is 0 Å². The highest BCUT2D eigenvalue weighted by atomic mass is 19.1. The minimum Gasteiger partial charge on any atom is -0.478 e. The molecule has 7 heteroatoms. The largest absolute Gasteiger partial charge is 0.478 e. The van der Waals surface area contributed by atoms with Gasteiger partial charge in [0, 0.05) is 12.4 Å². The molecule has 0 aliphatic carbocycles. The number of rotatable bonds is 5. The fourth-order valence-electron chi connectivity index (χ4n) is 1.80. The molecule has 2 heterocycles. The average molecular weight is 316 g/mol. The van der Waals surface area contributed by atoms with Crippen LogP contribution in [-0.2, 0) is 4.74 Å². The zero-order valence-electron chi connectivity index (χ0n) is 12.2. The van der Waals surface area contributed by atoms with Crippen LogP contribution < -0.4 is 0 Å². The number of carboxylic acids is 1. The predicted molar refractivity (Wildman–Crippen MR) is 80.3 cm³/mol. The summed E-state index contributed by atoms with van der Waals surface area (Å²) < 4.78 is 17.9. The van der Waals surface area contributed by atoms with E-state index in [0.29, 0.717) is 5.56 Å². The fraction of sp³-hybridized carbons (Fsp3) is 0.125. The molecule has 2 aromatic heterocycles. The number of aromatic carboxylic acids is 1. The van der Waals surface area contributed by atoms with Crippen LogP contribution in [0.4, 0.5) is 4.39 Å². The van der Waals surface area contributed by atoms with Gasteiger partial charge in [-0.05, 0) is 30.7 Å². The van der Waals surface area contributed by atoms with Crippen molar-refractivity contribution in [2.24, 2.45) is 0 Å². The molecule has 0 aromatic carbocycles. The molecule has 0 bridgehead atoms. The number of esters is 1. The highest BCUT2D eigenvalue weighted by Crippen LogP contribution is 2.14. The van der Waals surface area contributed by atoms with Gasteiger partial charge in [-0.25, -0.2) is 14.0 Å². The average Bonchev–Trinajstić information content (AvgIpc) is 2.53. The Labute approximate surface area is 131 Å². The number of hydrogen-bond acceptors (Lipinski definition) is 5. The third kappa shape index (κ3) is 4.19. The van der Waals surface area contributed by atoms with Crippen LogP contribution in [0, 0.1) is 5.82 Å². The molecule has 0 aliphatic heterocycles. The molecule has 2 aromatic rings. The zero-order chi connectivity index (χ0) is 16.8. The van der Waals surface area contributed by atoms with Gasteiger partial charge in [0.2, 0.25) is 0 Å². The van der Waals surface area contributed by atoms with E-state index in [4.69, 9.17) is 4.74 Å². The number of pyridine rings is 2. The first-order chi connectivity index (χ1) is 11.0. The summed E-state index contributed by atoms with van der Waals surface area (Å²) in [5.74, 6) is -2.38. The number of ether oxygens (including phenoxy) is 1. The Balaban J connectivity index is 2.35. The van der Waals surface area contributed by atoms with Crippen LogP contribution in [0.1, 0.15) is 38.9 Å². The zero-order valence-corrected chi connectivity index (χ0v) is 12.2. The van der Waals surface area contributed by atoms with Crippen molar-refractivity contribution in [3.63, 3.8) is 0 Å². The molecule has 2 rings (SSSR count). The number of hydrogen-bond donors (Lipinski definition) is 1. The number of nitrogens with zero attached hydrogens (tertiary/aromatic N) is 2. The molecule has 6 nitrogen and oxygen atoms in total. The molecule has 0 radical (unpaired) electrons. The van der Waals surface area contributed by atoms with Crippen molar-refractivity contribution in [1.29, 1.82) is 0 Å². The summed E-state index contributed by atoms with van der Waals surface area (Å²) in [5.41, 5.74) is 0.484. The van der Waals surface area contributed by atoms with E-state index in [-0.39, 0.29) is 23.4 Å². The van der Waals surface area contributed by atoms with E-state index >= 15 is 0 Å². The van der Waals surface area contributed by atoms with Crippen LogP contribution >= 0.6 is 0 Å². The lowest BCUT2D eigenvalue weighted by Gasteiger charge is -2.05. The van der Waals surface area contributed by atoms with Gasteiger partial charge < -0.3 is 9.84 Å². The standard InChI is InChI=1S/C16H13FN2O4/c1-2-23-16(22)11-6-13(15(20)21)14(19-8-11)4-3-10-5-12(17)9-18-7-10/h3-9H,2H2,1H3,(H,20,21)/b4-3+. The molecule has 0 unspecified atom stereocenters. The van der Waals surface area contributed by atoms with Gasteiger partial charge in [-0.1, -0.05) is 6.08 Å². The highest BCUT2D eigenvalue weighted by molar-refractivity contribution is 5.97. The SMILES string of the molecule is CCOC(=O)c1cnc(/C=C/c2cncc(F)c2)c(C(=O)O)c1. The first kappa shape index (κ1) is 16.3.